The van der Waals surface area contributed by atoms with E-state index in [1.165, 1.54) is 17.1 Å². The Bertz CT molecular complexity index is 1900. The molecule has 7 amide bonds. The second-order valence-electron chi connectivity index (χ2n) is 19.1. The molecule has 7 aliphatic rings. The number of piperidine rings is 2. The minimum atomic E-state index is -3.34. The number of carbonyl (C=O) groups excluding carboxylic acids is 7. The molecule has 376 valence electrons. The number of likely N-dealkylation sites (tertiary alicyclic amines) is 1. The SMILES string of the molecule is CS(=O)(=O)N1CCC(C(=O)NCC(=O)NC2NC(C3CCCC(C4CCNC(OCCNC(=O)CCOCCOCCNC5CCCC6C(=O)N(C7CCC(=O)NC7=O)C(=O)C56)C4)C3)CS2)C1. The largest absolute Gasteiger partial charge is 0.379 e. The maximum Gasteiger partial charge on any atom is 0.249 e. The lowest BCUT2D eigenvalue weighted by Gasteiger charge is -2.40. The van der Waals surface area contributed by atoms with Gasteiger partial charge in [0, 0.05) is 56.9 Å². The monoisotopic (exact) mass is 981 g/mol. The van der Waals surface area contributed by atoms with E-state index in [2.05, 4.69) is 37.2 Å². The molecule has 0 aromatic heterocycles. The minimum Gasteiger partial charge on any atom is -0.379 e. The van der Waals surface area contributed by atoms with Gasteiger partial charge < -0.3 is 35.5 Å². The molecular formula is C44H71N9O12S2. The third kappa shape index (κ3) is 14.2. The maximum atomic E-state index is 13.4. The highest BCUT2D eigenvalue weighted by Gasteiger charge is 2.55. The summed E-state index contributed by atoms with van der Waals surface area (Å²) in [6.45, 7) is 3.77. The lowest BCUT2D eigenvalue weighted by molar-refractivity contribution is -0.151. The highest BCUT2D eigenvalue weighted by molar-refractivity contribution is 8.00. The third-order valence-corrected chi connectivity index (χ3v) is 17.1. The summed E-state index contributed by atoms with van der Waals surface area (Å²) in [6, 6.07) is -0.846. The van der Waals surface area contributed by atoms with Gasteiger partial charge in [0.05, 0.1) is 63.6 Å². The standard InChI is InChI=1S/C44H71N9O12S2/c1-67(61,62)52-16-11-30(25-52)40(57)48-24-37(56)51-44-49-33(26-66-44)29-5-2-4-27(22-29)28-10-13-47-38(23-28)65-19-15-46-35(54)12-17-63-20-21-64-18-14-45-32-7-3-6-31-39(32)43(60)53(42(31)59)34-8-9-36(55)50-41(34)58/h27-34,38-39,44-45,47,49H,2-26H2,1H3,(H,46,54)(H,48,57)(H,51,56)(H,50,55,58). The van der Waals surface area contributed by atoms with E-state index in [-0.39, 0.29) is 86.3 Å². The second kappa shape index (κ2) is 24.5. The molecule has 0 spiro atoms. The predicted molar refractivity (Wildman–Crippen MR) is 245 cm³/mol. The Hall–Kier alpha value is -3.29. The quantitative estimate of drug-likeness (QED) is 0.0492. The molecule has 21 nitrogen and oxygen atoms in total. The first kappa shape index (κ1) is 51.6. The molecule has 7 rings (SSSR count). The molecule has 23 heteroatoms. The molecule has 2 aliphatic carbocycles. The normalized spacial score (nSPS) is 32.8. The van der Waals surface area contributed by atoms with Crippen LogP contribution in [0.15, 0.2) is 0 Å². The summed E-state index contributed by atoms with van der Waals surface area (Å²) >= 11 is 1.67. The Balaban J connectivity index is 0.690. The van der Waals surface area contributed by atoms with Gasteiger partial charge >= 0.3 is 0 Å². The number of imide groups is 2. The van der Waals surface area contributed by atoms with Crippen LogP contribution in [0.5, 0.6) is 0 Å². The summed E-state index contributed by atoms with van der Waals surface area (Å²) in [6.07, 6.45) is 10.8. The first-order chi connectivity index (χ1) is 32.2. The van der Waals surface area contributed by atoms with Gasteiger partial charge in [-0.3, -0.25) is 54.4 Å². The van der Waals surface area contributed by atoms with Crippen molar-refractivity contribution in [1.82, 2.24) is 46.4 Å². The molecule has 7 N–H and O–H groups in total. The van der Waals surface area contributed by atoms with Gasteiger partial charge in [0.25, 0.3) is 0 Å². The lowest BCUT2D eigenvalue weighted by Crippen LogP contribution is -2.55. The Labute approximate surface area is 397 Å². The van der Waals surface area contributed by atoms with E-state index >= 15 is 0 Å². The van der Waals surface area contributed by atoms with Crippen molar-refractivity contribution in [2.45, 2.75) is 113 Å². The van der Waals surface area contributed by atoms with Crippen LogP contribution in [-0.4, -0.2) is 173 Å². The van der Waals surface area contributed by atoms with Gasteiger partial charge in [-0.05, 0) is 75.7 Å². The first-order valence-electron chi connectivity index (χ1n) is 24.4. The fourth-order valence-electron chi connectivity index (χ4n) is 11.1. The van der Waals surface area contributed by atoms with Crippen LogP contribution in [0, 0.1) is 35.5 Å². The molecule has 67 heavy (non-hydrogen) atoms. The van der Waals surface area contributed by atoms with E-state index < -0.39 is 45.6 Å². The highest BCUT2D eigenvalue weighted by atomic mass is 32.2. The van der Waals surface area contributed by atoms with Crippen molar-refractivity contribution in [2.24, 2.45) is 35.5 Å². The van der Waals surface area contributed by atoms with Gasteiger partial charge in [0.2, 0.25) is 51.4 Å². The average molecular weight is 982 g/mol. The minimum absolute atomic E-state index is 0.0635. The van der Waals surface area contributed by atoms with Crippen LogP contribution in [-0.2, 0) is 57.8 Å². The number of rotatable bonds is 22. The highest BCUT2D eigenvalue weighted by Crippen LogP contribution is 2.42. The molecule has 0 radical (unpaired) electrons. The Morgan fingerprint density at radius 3 is 2.39 bits per heavy atom. The fraction of sp³-hybridized carbons (Fsp3) is 0.841. The molecule has 7 fully saturated rings. The van der Waals surface area contributed by atoms with E-state index in [4.69, 9.17) is 14.2 Å². The van der Waals surface area contributed by atoms with Crippen LogP contribution in [0.1, 0.15) is 83.5 Å². The molecule has 0 bridgehead atoms. The smallest absolute Gasteiger partial charge is 0.249 e. The van der Waals surface area contributed by atoms with Crippen molar-refractivity contribution in [3.8, 4) is 0 Å². The number of ether oxygens (including phenoxy) is 3. The molecule has 5 heterocycles. The molecule has 2 saturated carbocycles. The second-order valence-corrected chi connectivity index (χ2v) is 22.2. The summed E-state index contributed by atoms with van der Waals surface area (Å²) in [5.74, 6) is -1.23. The van der Waals surface area contributed by atoms with E-state index in [0.717, 1.165) is 62.0 Å². The van der Waals surface area contributed by atoms with Gasteiger partial charge in [-0.15, -0.1) is 11.8 Å². The summed E-state index contributed by atoms with van der Waals surface area (Å²) in [5, 5.41) is 21.3. The summed E-state index contributed by atoms with van der Waals surface area (Å²) < 4.78 is 42.3. The number of fused-ring (bicyclic) bond motifs is 1. The lowest BCUT2D eigenvalue weighted by atomic mass is 9.70. The van der Waals surface area contributed by atoms with Crippen molar-refractivity contribution < 1.29 is 56.2 Å². The zero-order valence-electron chi connectivity index (χ0n) is 38.6. The molecule has 11 atom stereocenters. The Morgan fingerprint density at radius 1 is 0.821 bits per heavy atom. The number of hydrogen-bond acceptors (Lipinski definition) is 16. The number of nitrogens with one attached hydrogen (secondary N) is 7. The molecule has 5 aliphatic heterocycles. The van der Waals surface area contributed by atoms with Crippen molar-refractivity contribution in [3.05, 3.63) is 0 Å². The van der Waals surface area contributed by atoms with Crippen molar-refractivity contribution in [2.75, 3.05) is 84.3 Å². The third-order valence-electron chi connectivity index (χ3n) is 14.6. The van der Waals surface area contributed by atoms with Crippen molar-refractivity contribution in [3.63, 3.8) is 0 Å². The molecule has 11 unspecified atom stereocenters. The summed E-state index contributed by atoms with van der Waals surface area (Å²) in [4.78, 5) is 89.4. The zero-order valence-corrected chi connectivity index (χ0v) is 40.3. The predicted octanol–water partition coefficient (Wildman–Crippen LogP) is -1.27. The van der Waals surface area contributed by atoms with Crippen LogP contribution < -0.4 is 37.2 Å². The van der Waals surface area contributed by atoms with Crippen molar-refractivity contribution >= 4 is 63.1 Å². The molecule has 0 aromatic carbocycles. The number of sulfonamides is 1. The Morgan fingerprint density at radius 2 is 1.60 bits per heavy atom. The van der Waals surface area contributed by atoms with Crippen LogP contribution in [0.3, 0.4) is 0 Å². The Kier molecular flexibility index (Phi) is 18.9. The van der Waals surface area contributed by atoms with Gasteiger partial charge in [0.1, 0.15) is 17.8 Å². The van der Waals surface area contributed by atoms with E-state index in [9.17, 15) is 42.0 Å². The number of nitrogens with zero attached hydrogens (tertiary/aromatic N) is 2. The topological polar surface area (TPSA) is 272 Å². The number of thioether (sulfide) groups is 1. The van der Waals surface area contributed by atoms with Crippen molar-refractivity contribution in [1.29, 1.82) is 0 Å². The first-order valence-corrected chi connectivity index (χ1v) is 27.3. The number of hydrogen-bond donors (Lipinski definition) is 7. The van der Waals surface area contributed by atoms with E-state index in [1.54, 1.807) is 11.8 Å². The summed E-state index contributed by atoms with van der Waals surface area (Å²) in [7, 11) is -3.34. The molecule has 5 saturated heterocycles. The zero-order chi connectivity index (χ0) is 47.5. The fourth-order valence-corrected chi connectivity index (χ4v) is 13.3. The van der Waals surface area contributed by atoms with Gasteiger partial charge in [-0.2, -0.15) is 0 Å². The van der Waals surface area contributed by atoms with Gasteiger partial charge in [-0.25, -0.2) is 12.7 Å². The van der Waals surface area contributed by atoms with E-state index in [0.29, 0.717) is 82.7 Å². The number of carbonyl (C=O) groups is 7. The van der Waals surface area contributed by atoms with Crippen LogP contribution in [0.2, 0.25) is 0 Å². The average Bonchev–Trinajstić information content (AvgIpc) is 4.06. The van der Waals surface area contributed by atoms with E-state index in [1.807, 2.05) is 0 Å². The van der Waals surface area contributed by atoms with Gasteiger partial charge in [0.15, 0.2) is 0 Å². The summed E-state index contributed by atoms with van der Waals surface area (Å²) in [5.41, 5.74) is -0.226. The molecular weight excluding hydrogens is 911 g/mol. The van der Waals surface area contributed by atoms with Crippen LogP contribution in [0.4, 0.5) is 0 Å². The van der Waals surface area contributed by atoms with Crippen LogP contribution >= 0.6 is 11.8 Å². The maximum absolute atomic E-state index is 13.4. The number of amides is 7. The van der Waals surface area contributed by atoms with Gasteiger partial charge in [-0.1, -0.05) is 19.3 Å². The molecule has 0 aromatic rings. The van der Waals surface area contributed by atoms with Crippen LogP contribution in [0.25, 0.3) is 0 Å².